The van der Waals surface area contributed by atoms with Gasteiger partial charge in [0, 0.05) is 0 Å². The second kappa shape index (κ2) is 5.83. The van der Waals surface area contributed by atoms with Crippen LogP contribution in [-0.2, 0) is 0 Å². The highest BCUT2D eigenvalue weighted by atomic mass is 32.1. The van der Waals surface area contributed by atoms with Crippen LogP contribution in [0.4, 0.5) is 0 Å². The lowest BCUT2D eigenvalue weighted by atomic mass is 10.1. The molecule has 0 radical (unpaired) electrons. The maximum Gasteiger partial charge on any atom is -0.00693 e. The molecule has 0 N–H and O–H groups in total. The van der Waals surface area contributed by atoms with Crippen molar-refractivity contribution in [2.24, 2.45) is 5.92 Å². The van der Waals surface area contributed by atoms with E-state index in [1.54, 1.807) is 0 Å². The van der Waals surface area contributed by atoms with Crippen LogP contribution in [0.3, 0.4) is 0 Å². The molecule has 0 heterocycles. The van der Waals surface area contributed by atoms with Crippen molar-refractivity contribution in [1.82, 2.24) is 0 Å². The molecule has 0 saturated carbocycles. The quantitative estimate of drug-likeness (QED) is 0.564. The third-order valence-corrected chi connectivity index (χ3v) is 2.15. The Morgan fingerprint density at radius 3 is 2.12 bits per heavy atom. The largest absolute Gasteiger partial charge is 0.179 e. The predicted molar refractivity (Wildman–Crippen MR) is 46.1 cm³/mol. The van der Waals surface area contributed by atoms with Crippen molar-refractivity contribution in [2.45, 2.75) is 19.8 Å². The minimum Gasteiger partial charge on any atom is -0.179 e. The molecule has 0 bridgehead atoms. The summed E-state index contributed by atoms with van der Waals surface area (Å²) in [5.74, 6) is 2.80. The molecule has 0 aliphatic rings. The molecule has 0 aromatic heterocycles. The Morgan fingerprint density at radius 2 is 2.00 bits per heavy atom. The molecule has 0 aliphatic heterocycles. The SMILES string of the molecule is CCC(CS)CCS. The summed E-state index contributed by atoms with van der Waals surface area (Å²) in [5, 5.41) is 0. The van der Waals surface area contributed by atoms with E-state index >= 15 is 0 Å². The fourth-order valence-corrected chi connectivity index (χ4v) is 1.41. The van der Waals surface area contributed by atoms with Crippen molar-refractivity contribution in [2.75, 3.05) is 11.5 Å². The normalized spacial score (nSPS) is 13.9. The molecule has 50 valence electrons. The van der Waals surface area contributed by atoms with Crippen molar-refractivity contribution in [1.29, 1.82) is 0 Å². The van der Waals surface area contributed by atoms with Gasteiger partial charge in [0.1, 0.15) is 0 Å². The summed E-state index contributed by atoms with van der Waals surface area (Å²) >= 11 is 8.33. The van der Waals surface area contributed by atoms with Gasteiger partial charge in [-0.25, -0.2) is 0 Å². The van der Waals surface area contributed by atoms with E-state index in [4.69, 9.17) is 0 Å². The van der Waals surface area contributed by atoms with E-state index in [0.717, 1.165) is 17.4 Å². The van der Waals surface area contributed by atoms with Gasteiger partial charge in [0.2, 0.25) is 0 Å². The van der Waals surface area contributed by atoms with E-state index < -0.39 is 0 Å². The van der Waals surface area contributed by atoms with Crippen LogP contribution in [0.1, 0.15) is 19.8 Å². The Hall–Kier alpha value is 0.700. The van der Waals surface area contributed by atoms with Gasteiger partial charge in [-0.05, 0) is 23.8 Å². The number of hydrogen-bond donors (Lipinski definition) is 2. The first-order valence-electron chi connectivity index (χ1n) is 3.06. The molecule has 1 unspecified atom stereocenters. The van der Waals surface area contributed by atoms with Gasteiger partial charge in [-0.1, -0.05) is 13.3 Å². The second-order valence-electron chi connectivity index (χ2n) is 1.97. The molecule has 0 rings (SSSR count). The standard InChI is InChI=1S/C6H14S2/c1-2-6(5-8)3-4-7/h6-8H,2-5H2,1H3. The maximum absolute atomic E-state index is 4.20. The summed E-state index contributed by atoms with van der Waals surface area (Å²) < 4.78 is 0. The van der Waals surface area contributed by atoms with Gasteiger partial charge in [0.25, 0.3) is 0 Å². The van der Waals surface area contributed by atoms with Crippen LogP contribution < -0.4 is 0 Å². The van der Waals surface area contributed by atoms with Crippen molar-refractivity contribution in [3.05, 3.63) is 0 Å². The van der Waals surface area contributed by atoms with Crippen LogP contribution in [0.25, 0.3) is 0 Å². The van der Waals surface area contributed by atoms with Gasteiger partial charge >= 0.3 is 0 Å². The molecule has 0 fully saturated rings. The van der Waals surface area contributed by atoms with Crippen LogP contribution in [0, 0.1) is 5.92 Å². The van der Waals surface area contributed by atoms with Gasteiger partial charge in [-0.2, -0.15) is 25.3 Å². The van der Waals surface area contributed by atoms with Crippen molar-refractivity contribution >= 4 is 25.3 Å². The molecule has 0 nitrogen and oxygen atoms in total. The van der Waals surface area contributed by atoms with Gasteiger partial charge < -0.3 is 0 Å². The molecule has 0 amide bonds. The summed E-state index contributed by atoms with van der Waals surface area (Å²) in [7, 11) is 0. The minimum atomic E-state index is 0.788. The third kappa shape index (κ3) is 3.67. The Balaban J connectivity index is 3.07. The Morgan fingerprint density at radius 1 is 1.38 bits per heavy atom. The lowest BCUT2D eigenvalue weighted by Crippen LogP contribution is -2.00. The number of thiol groups is 2. The molecular formula is C6H14S2. The van der Waals surface area contributed by atoms with Crippen LogP contribution in [0.5, 0.6) is 0 Å². The molecular weight excluding hydrogens is 136 g/mol. The van der Waals surface area contributed by atoms with Gasteiger partial charge in [0.15, 0.2) is 0 Å². The topological polar surface area (TPSA) is 0 Å². The van der Waals surface area contributed by atoms with Crippen LogP contribution >= 0.6 is 25.3 Å². The fourth-order valence-electron chi connectivity index (χ4n) is 0.607. The predicted octanol–water partition coefficient (Wildman–Crippen LogP) is 2.26. The highest BCUT2D eigenvalue weighted by molar-refractivity contribution is 7.80. The third-order valence-electron chi connectivity index (χ3n) is 1.37. The lowest BCUT2D eigenvalue weighted by Gasteiger charge is -2.07. The molecule has 8 heavy (non-hydrogen) atoms. The first kappa shape index (κ1) is 8.70. The maximum atomic E-state index is 4.20. The van der Waals surface area contributed by atoms with E-state index in [1.165, 1.54) is 12.8 Å². The summed E-state index contributed by atoms with van der Waals surface area (Å²) in [6.45, 7) is 2.20. The highest BCUT2D eigenvalue weighted by Crippen LogP contribution is 2.09. The molecule has 0 saturated heterocycles. The van der Waals surface area contributed by atoms with E-state index in [1.807, 2.05) is 0 Å². The van der Waals surface area contributed by atoms with Gasteiger partial charge in [-0.3, -0.25) is 0 Å². The molecule has 0 aromatic carbocycles. The first-order valence-corrected chi connectivity index (χ1v) is 4.33. The zero-order valence-corrected chi connectivity index (χ0v) is 7.09. The smallest absolute Gasteiger partial charge is 0.00693 e. The zero-order valence-electron chi connectivity index (χ0n) is 5.30. The summed E-state index contributed by atoms with van der Waals surface area (Å²) in [6, 6.07) is 0. The average molecular weight is 150 g/mol. The van der Waals surface area contributed by atoms with Crippen LogP contribution in [0.15, 0.2) is 0 Å². The van der Waals surface area contributed by atoms with E-state index in [-0.39, 0.29) is 0 Å². The van der Waals surface area contributed by atoms with Crippen LogP contribution in [0.2, 0.25) is 0 Å². The summed E-state index contributed by atoms with van der Waals surface area (Å²) in [6.07, 6.45) is 2.45. The Labute approximate surface area is 62.9 Å². The molecule has 0 aromatic rings. The zero-order chi connectivity index (χ0) is 6.41. The van der Waals surface area contributed by atoms with Gasteiger partial charge in [-0.15, -0.1) is 0 Å². The summed E-state index contributed by atoms with van der Waals surface area (Å²) in [5.41, 5.74) is 0. The molecule has 0 spiro atoms. The summed E-state index contributed by atoms with van der Waals surface area (Å²) in [4.78, 5) is 0. The Bertz CT molecular complexity index is 41.8. The van der Waals surface area contributed by atoms with Gasteiger partial charge in [0.05, 0.1) is 0 Å². The van der Waals surface area contributed by atoms with E-state index in [2.05, 4.69) is 32.2 Å². The molecule has 1 atom stereocenters. The minimum absolute atomic E-state index is 0.788. The van der Waals surface area contributed by atoms with Crippen molar-refractivity contribution in [3.63, 3.8) is 0 Å². The average Bonchev–Trinajstić information content (AvgIpc) is 1.83. The molecule has 2 heteroatoms. The fraction of sp³-hybridized carbons (Fsp3) is 1.00. The van der Waals surface area contributed by atoms with Crippen molar-refractivity contribution < 1.29 is 0 Å². The first-order chi connectivity index (χ1) is 3.85. The van der Waals surface area contributed by atoms with E-state index in [0.29, 0.717) is 0 Å². The van der Waals surface area contributed by atoms with E-state index in [9.17, 15) is 0 Å². The number of hydrogen-bond acceptors (Lipinski definition) is 2. The Kier molecular flexibility index (Phi) is 6.34. The second-order valence-corrected chi connectivity index (χ2v) is 2.78. The lowest BCUT2D eigenvalue weighted by molar-refractivity contribution is 0.560. The monoisotopic (exact) mass is 150 g/mol. The number of rotatable bonds is 4. The van der Waals surface area contributed by atoms with Crippen molar-refractivity contribution in [3.8, 4) is 0 Å². The highest BCUT2D eigenvalue weighted by Gasteiger charge is 1.99. The van der Waals surface area contributed by atoms with Crippen LogP contribution in [-0.4, -0.2) is 11.5 Å². The molecule has 0 aliphatic carbocycles.